The number of carbonyl (C=O) groups excluding carboxylic acids is 1. The third-order valence-electron chi connectivity index (χ3n) is 3.67. The van der Waals surface area contributed by atoms with E-state index in [4.69, 9.17) is 14.7 Å². The second kappa shape index (κ2) is 8.55. The first kappa shape index (κ1) is 18.8. The van der Waals surface area contributed by atoms with Gasteiger partial charge >= 0.3 is 5.97 Å². The summed E-state index contributed by atoms with van der Waals surface area (Å²) in [5, 5.41) is 19.6. The lowest BCUT2D eigenvalue weighted by atomic mass is 10.0. The zero-order valence-electron chi connectivity index (χ0n) is 14.0. The number of nitrogens with zero attached hydrogens (tertiary/aromatic N) is 2. The summed E-state index contributed by atoms with van der Waals surface area (Å²) in [4.78, 5) is 22.1. The summed E-state index contributed by atoms with van der Waals surface area (Å²) in [7, 11) is 1.25. The van der Waals surface area contributed by atoms with Gasteiger partial charge in [-0.1, -0.05) is 18.7 Å². The Labute approximate surface area is 150 Å². The standard InChI is InChI=1S/C19H16N2O5/c1-13(19(22)25-2)18(16-7-3-14(11-20)4-8-16)26-12-15-5-9-17(10-6-15)21(23)24/h3-10,18H,1,12H2,2H3. The van der Waals surface area contributed by atoms with Gasteiger partial charge in [-0.05, 0) is 35.4 Å². The first-order chi connectivity index (χ1) is 12.5. The van der Waals surface area contributed by atoms with Crippen LogP contribution in [0.15, 0.2) is 60.7 Å². The van der Waals surface area contributed by atoms with Crippen molar-refractivity contribution in [3.63, 3.8) is 0 Å². The molecule has 0 bridgehead atoms. The zero-order chi connectivity index (χ0) is 19.1. The van der Waals surface area contributed by atoms with Gasteiger partial charge in [-0.25, -0.2) is 4.79 Å². The molecule has 2 aromatic rings. The Morgan fingerprint density at radius 3 is 2.35 bits per heavy atom. The van der Waals surface area contributed by atoms with E-state index in [2.05, 4.69) is 6.58 Å². The van der Waals surface area contributed by atoms with Crippen LogP contribution in [-0.4, -0.2) is 18.0 Å². The van der Waals surface area contributed by atoms with E-state index in [-0.39, 0.29) is 17.9 Å². The van der Waals surface area contributed by atoms with Crippen LogP contribution >= 0.6 is 0 Å². The minimum Gasteiger partial charge on any atom is -0.466 e. The summed E-state index contributed by atoms with van der Waals surface area (Å²) in [6.45, 7) is 3.85. The lowest BCUT2D eigenvalue weighted by Crippen LogP contribution is -2.15. The monoisotopic (exact) mass is 352 g/mol. The third kappa shape index (κ3) is 4.53. The average molecular weight is 352 g/mol. The van der Waals surface area contributed by atoms with Crippen molar-refractivity contribution in [1.82, 2.24) is 0 Å². The predicted molar refractivity (Wildman–Crippen MR) is 92.9 cm³/mol. The van der Waals surface area contributed by atoms with Crippen molar-refractivity contribution in [2.24, 2.45) is 0 Å². The normalized spacial score (nSPS) is 11.2. The van der Waals surface area contributed by atoms with Gasteiger partial charge < -0.3 is 9.47 Å². The molecule has 26 heavy (non-hydrogen) atoms. The van der Waals surface area contributed by atoms with Crippen molar-refractivity contribution in [3.05, 3.63) is 87.5 Å². The molecule has 0 fully saturated rings. The maximum absolute atomic E-state index is 11.9. The van der Waals surface area contributed by atoms with Crippen LogP contribution < -0.4 is 0 Å². The van der Waals surface area contributed by atoms with Gasteiger partial charge in [-0.2, -0.15) is 5.26 Å². The van der Waals surface area contributed by atoms with Gasteiger partial charge in [0, 0.05) is 12.1 Å². The van der Waals surface area contributed by atoms with Crippen LogP contribution in [0.25, 0.3) is 0 Å². The molecule has 0 spiro atoms. The number of rotatable bonds is 7. The first-order valence-corrected chi connectivity index (χ1v) is 7.58. The predicted octanol–water partition coefficient (Wildman–Crippen LogP) is 3.45. The Bertz CT molecular complexity index is 851. The second-order valence-electron chi connectivity index (χ2n) is 5.37. The molecule has 132 valence electrons. The van der Waals surface area contributed by atoms with Crippen molar-refractivity contribution in [2.45, 2.75) is 12.7 Å². The molecule has 2 aromatic carbocycles. The Morgan fingerprint density at radius 1 is 1.23 bits per heavy atom. The first-order valence-electron chi connectivity index (χ1n) is 7.58. The van der Waals surface area contributed by atoms with Gasteiger partial charge in [-0.3, -0.25) is 10.1 Å². The Kier molecular flexibility index (Phi) is 6.20. The minimum absolute atomic E-state index is 0.0173. The molecule has 0 aliphatic carbocycles. The highest BCUT2D eigenvalue weighted by Crippen LogP contribution is 2.27. The van der Waals surface area contributed by atoms with E-state index >= 15 is 0 Å². The van der Waals surface area contributed by atoms with Gasteiger partial charge in [0.05, 0.1) is 35.8 Å². The number of nitro benzene ring substituents is 1. The van der Waals surface area contributed by atoms with Crippen LogP contribution in [0.3, 0.4) is 0 Å². The van der Waals surface area contributed by atoms with E-state index in [0.29, 0.717) is 16.7 Å². The highest BCUT2D eigenvalue weighted by atomic mass is 16.6. The molecule has 0 N–H and O–H groups in total. The molecule has 0 amide bonds. The summed E-state index contributed by atoms with van der Waals surface area (Å²) in [5.74, 6) is -0.608. The number of ether oxygens (including phenoxy) is 2. The molecular formula is C19H16N2O5. The second-order valence-corrected chi connectivity index (χ2v) is 5.37. The lowest BCUT2D eigenvalue weighted by Gasteiger charge is -2.19. The quantitative estimate of drug-likeness (QED) is 0.327. The van der Waals surface area contributed by atoms with Crippen LogP contribution in [0.1, 0.15) is 22.8 Å². The van der Waals surface area contributed by atoms with Crippen molar-refractivity contribution >= 4 is 11.7 Å². The van der Waals surface area contributed by atoms with Crippen LogP contribution in [-0.2, 0) is 20.9 Å². The maximum atomic E-state index is 11.9. The molecule has 1 unspecified atom stereocenters. The maximum Gasteiger partial charge on any atom is 0.336 e. The SMILES string of the molecule is C=C(C(=O)OC)C(OCc1ccc([N+](=O)[O-])cc1)c1ccc(C#N)cc1. The summed E-state index contributed by atoms with van der Waals surface area (Å²) in [5.41, 5.74) is 1.91. The number of carbonyl (C=O) groups is 1. The van der Waals surface area contributed by atoms with Crippen LogP contribution in [0.4, 0.5) is 5.69 Å². The summed E-state index contributed by atoms with van der Waals surface area (Å²) in [6.07, 6.45) is -0.773. The molecule has 0 aliphatic rings. The molecule has 7 nitrogen and oxygen atoms in total. The number of nitriles is 1. The number of non-ortho nitro benzene ring substituents is 1. The largest absolute Gasteiger partial charge is 0.466 e. The van der Waals surface area contributed by atoms with Crippen LogP contribution in [0.2, 0.25) is 0 Å². The Morgan fingerprint density at radius 2 is 1.85 bits per heavy atom. The molecule has 0 aliphatic heterocycles. The smallest absolute Gasteiger partial charge is 0.336 e. The van der Waals surface area contributed by atoms with Gasteiger partial charge in [0.2, 0.25) is 0 Å². The highest BCUT2D eigenvalue weighted by Gasteiger charge is 2.22. The van der Waals surface area contributed by atoms with Crippen molar-refractivity contribution in [3.8, 4) is 6.07 Å². The molecule has 1 atom stereocenters. The summed E-state index contributed by atoms with van der Waals surface area (Å²) < 4.78 is 10.5. The fourth-order valence-corrected chi connectivity index (χ4v) is 2.26. The third-order valence-corrected chi connectivity index (χ3v) is 3.67. The number of esters is 1. The summed E-state index contributed by atoms with van der Waals surface area (Å²) in [6, 6.07) is 14.5. The molecule has 7 heteroatoms. The van der Waals surface area contributed by atoms with Gasteiger partial charge in [0.15, 0.2) is 0 Å². The van der Waals surface area contributed by atoms with E-state index in [0.717, 1.165) is 0 Å². The number of nitro groups is 1. The number of benzene rings is 2. The van der Waals surface area contributed by atoms with E-state index in [1.165, 1.54) is 19.2 Å². The fraction of sp³-hybridized carbons (Fsp3) is 0.158. The number of methoxy groups -OCH3 is 1. The van der Waals surface area contributed by atoms with Gasteiger partial charge in [0.1, 0.15) is 6.10 Å². The van der Waals surface area contributed by atoms with E-state index in [1.54, 1.807) is 36.4 Å². The van der Waals surface area contributed by atoms with Gasteiger partial charge in [-0.15, -0.1) is 0 Å². The van der Waals surface area contributed by atoms with E-state index in [9.17, 15) is 14.9 Å². The molecule has 0 saturated heterocycles. The molecule has 0 heterocycles. The van der Waals surface area contributed by atoms with Gasteiger partial charge in [0.25, 0.3) is 5.69 Å². The zero-order valence-corrected chi connectivity index (χ0v) is 14.0. The van der Waals surface area contributed by atoms with Crippen molar-refractivity contribution in [1.29, 1.82) is 5.26 Å². The topological polar surface area (TPSA) is 102 Å². The molecule has 0 saturated carbocycles. The fourth-order valence-electron chi connectivity index (χ4n) is 2.26. The van der Waals surface area contributed by atoms with Crippen molar-refractivity contribution in [2.75, 3.05) is 7.11 Å². The van der Waals surface area contributed by atoms with E-state index < -0.39 is 17.0 Å². The Balaban J connectivity index is 2.20. The highest BCUT2D eigenvalue weighted by molar-refractivity contribution is 5.89. The average Bonchev–Trinajstić information content (AvgIpc) is 2.68. The van der Waals surface area contributed by atoms with Crippen molar-refractivity contribution < 1.29 is 19.2 Å². The van der Waals surface area contributed by atoms with Crippen LogP contribution in [0.5, 0.6) is 0 Å². The Hall–Kier alpha value is -3.50. The van der Waals surface area contributed by atoms with E-state index in [1.807, 2.05) is 6.07 Å². The molecule has 0 aromatic heterocycles. The minimum atomic E-state index is -0.773. The van der Waals surface area contributed by atoms with Crippen LogP contribution in [0, 0.1) is 21.4 Å². The number of hydrogen-bond acceptors (Lipinski definition) is 6. The molecule has 2 rings (SSSR count). The lowest BCUT2D eigenvalue weighted by molar-refractivity contribution is -0.384. The summed E-state index contributed by atoms with van der Waals surface area (Å²) >= 11 is 0. The molecule has 0 radical (unpaired) electrons. The molecular weight excluding hydrogens is 336 g/mol. The number of hydrogen-bond donors (Lipinski definition) is 0.